The Morgan fingerprint density at radius 3 is 2.50 bits per heavy atom. The monoisotopic (exact) mass is 230 g/mol. The maximum absolute atomic E-state index is 7.25. The number of aromatic nitrogens is 2. The van der Waals surface area contributed by atoms with Crippen LogP contribution >= 0.6 is 11.8 Å². The first-order valence-corrected chi connectivity index (χ1v) is 5.47. The molecule has 0 atom stereocenters. The maximum atomic E-state index is 7.25. The summed E-state index contributed by atoms with van der Waals surface area (Å²) < 4.78 is 0. The van der Waals surface area contributed by atoms with Gasteiger partial charge < -0.3 is 5.73 Å². The average Bonchev–Trinajstić information content (AvgIpc) is 2.31. The summed E-state index contributed by atoms with van der Waals surface area (Å²) in [6.45, 7) is 0. The van der Waals surface area contributed by atoms with Crippen molar-refractivity contribution in [1.82, 2.24) is 9.97 Å². The maximum Gasteiger partial charge on any atom is 0.124 e. The van der Waals surface area contributed by atoms with Gasteiger partial charge in [0.1, 0.15) is 15.9 Å². The van der Waals surface area contributed by atoms with Crippen molar-refractivity contribution >= 4 is 17.6 Å². The highest BCUT2D eigenvalue weighted by atomic mass is 32.2. The summed E-state index contributed by atoms with van der Waals surface area (Å²) in [5.41, 5.74) is 5.97. The first-order chi connectivity index (χ1) is 7.75. The van der Waals surface area contributed by atoms with Gasteiger partial charge >= 0.3 is 0 Å². The third-order valence-electron chi connectivity index (χ3n) is 1.89. The molecule has 0 fully saturated rings. The van der Waals surface area contributed by atoms with E-state index in [1.54, 1.807) is 18.5 Å². The number of rotatable bonds is 3. The predicted molar refractivity (Wildman–Crippen MR) is 63.6 cm³/mol. The van der Waals surface area contributed by atoms with Crippen LogP contribution in [-0.2, 0) is 0 Å². The molecule has 0 saturated heterocycles. The molecule has 0 aromatic carbocycles. The van der Waals surface area contributed by atoms with Crippen molar-refractivity contribution in [2.75, 3.05) is 0 Å². The molecular formula is C11H10N4S. The van der Waals surface area contributed by atoms with Crippen molar-refractivity contribution in [3.63, 3.8) is 0 Å². The Morgan fingerprint density at radius 1 is 1.12 bits per heavy atom. The standard InChI is InChI=1S/C11H10N4S/c12-11(13)8-4-5-10(15-7-8)16-9-3-1-2-6-14-9/h1-7H,(H3,12,13). The SMILES string of the molecule is N=C(N)c1ccc(Sc2ccccn2)nc1. The largest absolute Gasteiger partial charge is 0.384 e. The second-order valence-corrected chi connectivity index (χ2v) is 4.11. The number of nitrogens with two attached hydrogens (primary N) is 1. The van der Waals surface area contributed by atoms with Crippen LogP contribution in [0.15, 0.2) is 52.8 Å². The van der Waals surface area contributed by atoms with Crippen molar-refractivity contribution in [2.24, 2.45) is 5.73 Å². The Hall–Kier alpha value is -1.88. The molecule has 0 spiro atoms. The van der Waals surface area contributed by atoms with Crippen LogP contribution in [0.1, 0.15) is 5.56 Å². The van der Waals surface area contributed by atoms with Crippen molar-refractivity contribution in [1.29, 1.82) is 5.41 Å². The summed E-state index contributed by atoms with van der Waals surface area (Å²) in [6.07, 6.45) is 3.33. The molecule has 80 valence electrons. The summed E-state index contributed by atoms with van der Waals surface area (Å²) in [5, 5.41) is 8.98. The normalized spacial score (nSPS) is 10.0. The van der Waals surface area contributed by atoms with Crippen LogP contribution in [0.2, 0.25) is 0 Å². The smallest absolute Gasteiger partial charge is 0.124 e. The van der Waals surface area contributed by atoms with Crippen LogP contribution < -0.4 is 5.73 Å². The predicted octanol–water partition coefficient (Wildman–Crippen LogP) is 1.91. The highest BCUT2D eigenvalue weighted by Crippen LogP contribution is 2.23. The van der Waals surface area contributed by atoms with Gasteiger partial charge in [0.25, 0.3) is 0 Å². The molecule has 0 saturated carbocycles. The first-order valence-electron chi connectivity index (χ1n) is 4.65. The van der Waals surface area contributed by atoms with E-state index in [1.807, 2.05) is 24.3 Å². The minimum atomic E-state index is 0.0295. The van der Waals surface area contributed by atoms with E-state index in [0.717, 1.165) is 10.1 Å². The summed E-state index contributed by atoms with van der Waals surface area (Å²) in [4.78, 5) is 8.38. The Balaban J connectivity index is 2.14. The van der Waals surface area contributed by atoms with Crippen LogP contribution in [0.5, 0.6) is 0 Å². The van der Waals surface area contributed by atoms with Crippen LogP contribution in [0.4, 0.5) is 0 Å². The fourth-order valence-electron chi connectivity index (χ4n) is 1.11. The molecule has 0 unspecified atom stereocenters. The van der Waals surface area contributed by atoms with Crippen LogP contribution in [0, 0.1) is 5.41 Å². The number of hydrogen-bond acceptors (Lipinski definition) is 4. The van der Waals surface area contributed by atoms with Gasteiger partial charge in [-0.25, -0.2) is 9.97 Å². The van der Waals surface area contributed by atoms with Crippen LogP contribution in [0.25, 0.3) is 0 Å². The van der Waals surface area contributed by atoms with Gasteiger partial charge in [0.15, 0.2) is 0 Å². The zero-order valence-corrected chi connectivity index (χ0v) is 9.24. The molecular weight excluding hydrogens is 220 g/mol. The van der Waals surface area contributed by atoms with Gasteiger partial charge in [-0.15, -0.1) is 0 Å². The summed E-state index contributed by atoms with van der Waals surface area (Å²) in [7, 11) is 0. The van der Waals surface area contributed by atoms with E-state index >= 15 is 0 Å². The lowest BCUT2D eigenvalue weighted by atomic mass is 10.3. The van der Waals surface area contributed by atoms with E-state index in [4.69, 9.17) is 11.1 Å². The van der Waals surface area contributed by atoms with Gasteiger partial charge in [-0.2, -0.15) is 0 Å². The summed E-state index contributed by atoms with van der Waals surface area (Å²) in [5.74, 6) is 0.0295. The number of nitrogens with zero attached hydrogens (tertiary/aromatic N) is 2. The van der Waals surface area contributed by atoms with Gasteiger partial charge in [0.2, 0.25) is 0 Å². The molecule has 0 bridgehead atoms. The molecule has 16 heavy (non-hydrogen) atoms. The lowest BCUT2D eigenvalue weighted by Gasteiger charge is -2.01. The van der Waals surface area contributed by atoms with Gasteiger partial charge in [-0.05, 0) is 24.3 Å². The first kappa shape index (κ1) is 10.6. The van der Waals surface area contributed by atoms with E-state index in [-0.39, 0.29) is 5.84 Å². The van der Waals surface area contributed by atoms with Crippen molar-refractivity contribution in [2.45, 2.75) is 10.1 Å². The molecule has 5 heteroatoms. The quantitative estimate of drug-likeness (QED) is 0.624. The molecule has 2 rings (SSSR count). The number of nitrogens with one attached hydrogen (secondary N) is 1. The number of amidine groups is 1. The van der Waals surface area contributed by atoms with Gasteiger partial charge in [0.05, 0.1) is 0 Å². The Bertz CT molecular complexity index is 481. The van der Waals surface area contributed by atoms with E-state index in [9.17, 15) is 0 Å². The van der Waals surface area contributed by atoms with Gasteiger partial charge in [0, 0.05) is 18.0 Å². The third kappa shape index (κ3) is 2.58. The molecule has 0 radical (unpaired) electrons. The molecule has 0 aliphatic heterocycles. The Labute approximate surface area is 97.4 Å². The highest BCUT2D eigenvalue weighted by Gasteiger charge is 2.01. The molecule has 0 aliphatic rings. The Kier molecular flexibility index (Phi) is 3.16. The second-order valence-electron chi connectivity index (χ2n) is 3.07. The summed E-state index contributed by atoms with van der Waals surface area (Å²) in [6, 6.07) is 9.33. The average molecular weight is 230 g/mol. The van der Waals surface area contributed by atoms with E-state index in [2.05, 4.69) is 9.97 Å². The zero-order chi connectivity index (χ0) is 11.4. The topological polar surface area (TPSA) is 75.7 Å². The van der Waals surface area contributed by atoms with E-state index < -0.39 is 0 Å². The Morgan fingerprint density at radius 2 is 1.94 bits per heavy atom. The fraction of sp³-hybridized carbons (Fsp3) is 0. The van der Waals surface area contributed by atoms with Gasteiger partial charge in [-0.3, -0.25) is 5.41 Å². The third-order valence-corrected chi connectivity index (χ3v) is 2.80. The highest BCUT2D eigenvalue weighted by molar-refractivity contribution is 7.99. The number of hydrogen-bond donors (Lipinski definition) is 2. The van der Waals surface area contributed by atoms with Crippen molar-refractivity contribution < 1.29 is 0 Å². The minimum Gasteiger partial charge on any atom is -0.384 e. The van der Waals surface area contributed by atoms with Gasteiger partial charge in [-0.1, -0.05) is 17.8 Å². The van der Waals surface area contributed by atoms with E-state index in [1.165, 1.54) is 11.8 Å². The lowest BCUT2D eigenvalue weighted by Crippen LogP contribution is -2.10. The lowest BCUT2D eigenvalue weighted by molar-refractivity contribution is 1.09. The number of pyridine rings is 2. The van der Waals surface area contributed by atoms with Crippen LogP contribution in [0.3, 0.4) is 0 Å². The van der Waals surface area contributed by atoms with Crippen molar-refractivity contribution in [3.8, 4) is 0 Å². The van der Waals surface area contributed by atoms with Crippen molar-refractivity contribution in [3.05, 3.63) is 48.3 Å². The minimum absolute atomic E-state index is 0.0295. The molecule has 0 aliphatic carbocycles. The zero-order valence-electron chi connectivity index (χ0n) is 8.42. The van der Waals surface area contributed by atoms with Crippen LogP contribution in [-0.4, -0.2) is 15.8 Å². The molecule has 4 nitrogen and oxygen atoms in total. The molecule has 2 aromatic rings. The number of nitrogen functional groups attached to an aromatic ring is 1. The van der Waals surface area contributed by atoms with E-state index in [0.29, 0.717) is 5.56 Å². The molecule has 0 amide bonds. The molecule has 3 N–H and O–H groups in total. The molecule has 2 heterocycles. The molecule has 2 aromatic heterocycles. The second kappa shape index (κ2) is 4.76. The fourth-order valence-corrected chi connectivity index (χ4v) is 1.83. The summed E-state index contributed by atoms with van der Waals surface area (Å²) >= 11 is 1.47.